The third kappa shape index (κ3) is 6.27. The Labute approximate surface area is 200 Å². The molecule has 1 amide bonds. The summed E-state index contributed by atoms with van der Waals surface area (Å²) in [6.45, 7) is 5.69. The van der Waals surface area contributed by atoms with Crippen molar-refractivity contribution in [3.63, 3.8) is 0 Å². The molecule has 0 unspecified atom stereocenters. The third-order valence-corrected chi connectivity index (χ3v) is 7.27. The number of ether oxygens (including phenoxy) is 1. The largest absolute Gasteiger partial charge is 0.492 e. The number of aryl methyl sites for hydroxylation is 3. The molecule has 174 valence electrons. The number of nitrogens with zero attached hydrogens (tertiary/aromatic N) is 1. The SMILES string of the molecule is Cc1ccc(C)c(N(CC(=O)NCCOc2ccc(C)c(Cl)c2)S(=O)(=O)c2ccccc2)c1. The molecule has 0 aliphatic heterocycles. The van der Waals surface area contributed by atoms with Gasteiger partial charge in [0.05, 0.1) is 17.1 Å². The van der Waals surface area contributed by atoms with Crippen LogP contribution in [0.2, 0.25) is 5.02 Å². The molecule has 0 saturated heterocycles. The van der Waals surface area contributed by atoms with Crippen molar-refractivity contribution in [2.24, 2.45) is 0 Å². The maximum absolute atomic E-state index is 13.4. The van der Waals surface area contributed by atoms with Crippen molar-refractivity contribution in [2.45, 2.75) is 25.7 Å². The molecule has 3 aromatic rings. The van der Waals surface area contributed by atoms with E-state index in [-0.39, 0.29) is 24.6 Å². The first-order valence-corrected chi connectivity index (χ1v) is 12.3. The van der Waals surface area contributed by atoms with E-state index < -0.39 is 15.9 Å². The summed E-state index contributed by atoms with van der Waals surface area (Å²) >= 11 is 6.10. The van der Waals surface area contributed by atoms with Crippen LogP contribution >= 0.6 is 11.6 Å². The van der Waals surface area contributed by atoms with E-state index in [0.717, 1.165) is 21.0 Å². The molecule has 3 aromatic carbocycles. The molecule has 0 aromatic heterocycles. The molecule has 0 aliphatic rings. The highest BCUT2D eigenvalue weighted by Crippen LogP contribution is 2.27. The van der Waals surface area contributed by atoms with Crippen LogP contribution < -0.4 is 14.4 Å². The van der Waals surface area contributed by atoms with E-state index in [1.165, 1.54) is 12.1 Å². The Bertz CT molecular complexity index is 1230. The molecule has 0 fully saturated rings. The first-order valence-electron chi connectivity index (χ1n) is 10.5. The first-order chi connectivity index (χ1) is 15.7. The van der Waals surface area contributed by atoms with Gasteiger partial charge in [-0.3, -0.25) is 9.10 Å². The van der Waals surface area contributed by atoms with Crippen molar-refractivity contribution in [2.75, 3.05) is 24.0 Å². The van der Waals surface area contributed by atoms with E-state index in [2.05, 4.69) is 5.32 Å². The molecule has 0 aliphatic carbocycles. The van der Waals surface area contributed by atoms with Crippen LogP contribution in [0.1, 0.15) is 16.7 Å². The number of carbonyl (C=O) groups is 1. The van der Waals surface area contributed by atoms with E-state index in [0.29, 0.717) is 16.5 Å². The second-order valence-corrected chi connectivity index (χ2v) is 9.99. The molecule has 3 rings (SSSR count). The molecule has 0 heterocycles. The molecule has 0 radical (unpaired) electrons. The van der Waals surface area contributed by atoms with Gasteiger partial charge in [-0.2, -0.15) is 0 Å². The van der Waals surface area contributed by atoms with E-state index in [1.807, 2.05) is 39.0 Å². The van der Waals surface area contributed by atoms with Crippen molar-refractivity contribution >= 4 is 33.2 Å². The first kappa shape index (κ1) is 24.6. The standard InChI is InChI=1S/C25H27ClN2O4S/c1-18-9-10-20(3)24(15-18)28(33(30,31)22-7-5-4-6-8-22)17-25(29)27-13-14-32-21-12-11-19(2)23(26)16-21/h4-12,15-16H,13-14,17H2,1-3H3,(H,27,29). The molecular weight excluding hydrogens is 460 g/mol. The smallest absolute Gasteiger partial charge is 0.264 e. The molecule has 33 heavy (non-hydrogen) atoms. The summed E-state index contributed by atoms with van der Waals surface area (Å²) in [4.78, 5) is 12.8. The molecule has 8 heteroatoms. The van der Waals surface area contributed by atoms with Crippen molar-refractivity contribution in [1.82, 2.24) is 5.32 Å². The minimum atomic E-state index is -3.94. The van der Waals surface area contributed by atoms with Gasteiger partial charge in [-0.1, -0.05) is 48.0 Å². The molecule has 6 nitrogen and oxygen atoms in total. The van der Waals surface area contributed by atoms with Gasteiger partial charge in [-0.05, 0) is 67.8 Å². The van der Waals surface area contributed by atoms with Crippen molar-refractivity contribution in [3.05, 3.63) is 88.4 Å². The molecule has 0 bridgehead atoms. The zero-order valence-corrected chi connectivity index (χ0v) is 20.4. The van der Waals surface area contributed by atoms with E-state index >= 15 is 0 Å². The molecule has 0 atom stereocenters. The Hall–Kier alpha value is -3.03. The van der Waals surface area contributed by atoms with Gasteiger partial charge in [0.2, 0.25) is 5.91 Å². The number of rotatable bonds is 9. The fourth-order valence-electron chi connectivity index (χ4n) is 3.22. The van der Waals surface area contributed by atoms with Gasteiger partial charge in [0.15, 0.2) is 0 Å². The number of halogens is 1. The van der Waals surface area contributed by atoms with Crippen LogP contribution in [0, 0.1) is 20.8 Å². The third-order valence-electron chi connectivity index (χ3n) is 5.09. The van der Waals surface area contributed by atoms with Gasteiger partial charge >= 0.3 is 0 Å². The number of hydrogen-bond acceptors (Lipinski definition) is 4. The number of amides is 1. The lowest BCUT2D eigenvalue weighted by Crippen LogP contribution is -2.42. The number of nitrogens with one attached hydrogen (secondary N) is 1. The monoisotopic (exact) mass is 486 g/mol. The van der Waals surface area contributed by atoms with Crippen molar-refractivity contribution in [3.8, 4) is 5.75 Å². The zero-order valence-electron chi connectivity index (χ0n) is 18.8. The van der Waals surface area contributed by atoms with Gasteiger partial charge < -0.3 is 10.1 Å². The lowest BCUT2D eigenvalue weighted by atomic mass is 10.1. The molecule has 1 N–H and O–H groups in total. The highest BCUT2D eigenvalue weighted by Gasteiger charge is 2.28. The van der Waals surface area contributed by atoms with Crippen LogP contribution in [0.5, 0.6) is 5.75 Å². The Balaban J connectivity index is 1.72. The summed E-state index contributed by atoms with van der Waals surface area (Å²) in [5.41, 5.74) is 3.07. The number of sulfonamides is 1. The zero-order chi connectivity index (χ0) is 24.0. The maximum Gasteiger partial charge on any atom is 0.264 e. The Morgan fingerprint density at radius 2 is 1.67 bits per heavy atom. The Morgan fingerprint density at radius 1 is 0.970 bits per heavy atom. The maximum atomic E-state index is 13.4. The Kier molecular flexibility index (Phi) is 8.00. The highest BCUT2D eigenvalue weighted by atomic mass is 35.5. The molecule has 0 saturated carbocycles. The second-order valence-electron chi connectivity index (χ2n) is 7.72. The minimum absolute atomic E-state index is 0.123. The molecular formula is C25H27ClN2O4S. The predicted molar refractivity (Wildman–Crippen MR) is 132 cm³/mol. The quantitative estimate of drug-likeness (QED) is 0.446. The summed E-state index contributed by atoms with van der Waals surface area (Å²) in [5, 5.41) is 3.34. The number of carbonyl (C=O) groups excluding carboxylic acids is 1. The average molecular weight is 487 g/mol. The van der Waals surface area contributed by atoms with Gasteiger partial charge in [-0.25, -0.2) is 8.42 Å². The van der Waals surface area contributed by atoms with Crippen LogP contribution in [0.4, 0.5) is 5.69 Å². The van der Waals surface area contributed by atoms with Crippen LogP contribution in [0.15, 0.2) is 71.6 Å². The van der Waals surface area contributed by atoms with Crippen LogP contribution in [-0.4, -0.2) is 34.0 Å². The summed E-state index contributed by atoms with van der Waals surface area (Å²) in [6, 6.07) is 19.0. The lowest BCUT2D eigenvalue weighted by Gasteiger charge is -2.26. The highest BCUT2D eigenvalue weighted by molar-refractivity contribution is 7.92. The van der Waals surface area contributed by atoms with Gasteiger partial charge in [0.1, 0.15) is 18.9 Å². The fourth-order valence-corrected chi connectivity index (χ4v) is 4.89. The average Bonchev–Trinajstić information content (AvgIpc) is 2.79. The van der Waals surface area contributed by atoms with Crippen LogP contribution in [0.3, 0.4) is 0 Å². The van der Waals surface area contributed by atoms with Gasteiger partial charge in [0, 0.05) is 5.02 Å². The van der Waals surface area contributed by atoms with E-state index in [1.54, 1.807) is 36.4 Å². The summed E-state index contributed by atoms with van der Waals surface area (Å²) in [6.07, 6.45) is 0. The topological polar surface area (TPSA) is 75.7 Å². The second kappa shape index (κ2) is 10.7. The van der Waals surface area contributed by atoms with Crippen LogP contribution in [-0.2, 0) is 14.8 Å². The van der Waals surface area contributed by atoms with E-state index in [4.69, 9.17) is 16.3 Å². The minimum Gasteiger partial charge on any atom is -0.492 e. The van der Waals surface area contributed by atoms with Gasteiger partial charge in [0.25, 0.3) is 10.0 Å². The number of anilines is 1. The normalized spacial score (nSPS) is 11.2. The number of benzene rings is 3. The summed E-state index contributed by atoms with van der Waals surface area (Å²) in [5.74, 6) is 0.171. The summed E-state index contributed by atoms with van der Waals surface area (Å²) < 4.78 is 33.6. The lowest BCUT2D eigenvalue weighted by molar-refractivity contribution is -0.119. The van der Waals surface area contributed by atoms with Crippen LogP contribution in [0.25, 0.3) is 0 Å². The Morgan fingerprint density at radius 3 is 2.36 bits per heavy atom. The van der Waals surface area contributed by atoms with E-state index in [9.17, 15) is 13.2 Å². The van der Waals surface area contributed by atoms with Gasteiger partial charge in [-0.15, -0.1) is 0 Å². The summed E-state index contributed by atoms with van der Waals surface area (Å²) in [7, 11) is -3.94. The fraction of sp³-hybridized carbons (Fsp3) is 0.240. The van der Waals surface area contributed by atoms with Crippen molar-refractivity contribution < 1.29 is 17.9 Å². The van der Waals surface area contributed by atoms with Crippen molar-refractivity contribution in [1.29, 1.82) is 0 Å². The number of hydrogen-bond donors (Lipinski definition) is 1. The predicted octanol–water partition coefficient (Wildman–Crippen LogP) is 4.66. The molecule has 0 spiro atoms.